The largest absolute Gasteiger partial charge is 0.416 e. The van der Waals surface area contributed by atoms with Gasteiger partial charge in [-0.25, -0.2) is 0 Å². The number of halogens is 3. The van der Waals surface area contributed by atoms with Crippen molar-refractivity contribution in [2.75, 3.05) is 16.8 Å². The van der Waals surface area contributed by atoms with Crippen molar-refractivity contribution < 1.29 is 18.0 Å². The lowest BCUT2D eigenvalue weighted by molar-refractivity contribution is -0.137. The lowest BCUT2D eigenvalue weighted by Gasteiger charge is -2.25. The van der Waals surface area contributed by atoms with Crippen LogP contribution in [0.15, 0.2) is 54.7 Å². The van der Waals surface area contributed by atoms with E-state index in [1.165, 1.54) is 15.6 Å². The van der Waals surface area contributed by atoms with E-state index in [9.17, 15) is 18.0 Å². The average molecular weight is 372 g/mol. The predicted molar refractivity (Wildman–Crippen MR) is 95.6 cm³/mol. The van der Waals surface area contributed by atoms with Gasteiger partial charge in [-0.2, -0.15) is 18.3 Å². The maximum atomic E-state index is 13.3. The Morgan fingerprint density at radius 2 is 1.67 bits per heavy atom. The van der Waals surface area contributed by atoms with E-state index in [0.717, 1.165) is 12.1 Å². The highest BCUT2D eigenvalue weighted by molar-refractivity contribution is 6.17. The smallest absolute Gasteiger partial charge is 0.326 e. The molecule has 2 heterocycles. The third kappa shape index (κ3) is 2.73. The zero-order valence-electron chi connectivity index (χ0n) is 14.5. The molecule has 1 aliphatic heterocycles. The van der Waals surface area contributed by atoms with E-state index in [2.05, 4.69) is 5.10 Å². The van der Waals surface area contributed by atoms with Crippen molar-refractivity contribution in [2.45, 2.75) is 6.18 Å². The molecule has 4 rings (SSSR count). The quantitative estimate of drug-likeness (QED) is 0.632. The van der Waals surface area contributed by atoms with Gasteiger partial charge < -0.3 is 4.90 Å². The molecule has 27 heavy (non-hydrogen) atoms. The number of carbonyl (C=O) groups excluding carboxylic acids is 1. The van der Waals surface area contributed by atoms with Crippen LogP contribution in [0.5, 0.6) is 0 Å². The van der Waals surface area contributed by atoms with Crippen LogP contribution in [0.2, 0.25) is 0 Å². The summed E-state index contributed by atoms with van der Waals surface area (Å²) in [7, 11) is 3.37. The number of anilines is 4. The Kier molecular flexibility index (Phi) is 3.73. The van der Waals surface area contributed by atoms with Crippen molar-refractivity contribution in [3.63, 3.8) is 0 Å². The molecule has 0 unspecified atom stereocenters. The summed E-state index contributed by atoms with van der Waals surface area (Å²) in [6, 6.07) is 12.0. The van der Waals surface area contributed by atoms with E-state index in [1.54, 1.807) is 55.5 Å². The molecule has 1 aromatic heterocycles. The minimum atomic E-state index is -4.52. The molecule has 1 aliphatic rings. The molecule has 8 heteroatoms. The fourth-order valence-corrected chi connectivity index (χ4v) is 3.22. The molecule has 0 bridgehead atoms. The summed E-state index contributed by atoms with van der Waals surface area (Å²) < 4.78 is 41.4. The van der Waals surface area contributed by atoms with E-state index in [0.29, 0.717) is 22.8 Å². The fraction of sp³-hybridized carbons (Fsp3) is 0.158. The van der Waals surface area contributed by atoms with Gasteiger partial charge in [0.15, 0.2) is 5.82 Å². The number of nitrogens with zero attached hydrogens (tertiary/aromatic N) is 4. The van der Waals surface area contributed by atoms with Crippen LogP contribution in [-0.2, 0) is 13.2 Å². The van der Waals surface area contributed by atoms with Crippen molar-refractivity contribution in [1.82, 2.24) is 9.78 Å². The Bertz CT molecular complexity index is 1030. The number of carbonyl (C=O) groups is 1. The van der Waals surface area contributed by atoms with E-state index in [4.69, 9.17) is 0 Å². The van der Waals surface area contributed by atoms with Crippen LogP contribution in [0, 0.1) is 0 Å². The summed E-state index contributed by atoms with van der Waals surface area (Å²) in [5.41, 5.74) is 0.590. The summed E-state index contributed by atoms with van der Waals surface area (Å²) in [6.45, 7) is 0. The Morgan fingerprint density at radius 1 is 0.963 bits per heavy atom. The number of rotatable bonds is 1. The third-order valence-corrected chi connectivity index (χ3v) is 4.48. The normalized spacial score (nSPS) is 14.0. The van der Waals surface area contributed by atoms with E-state index < -0.39 is 17.6 Å². The first-order valence-electron chi connectivity index (χ1n) is 8.15. The van der Waals surface area contributed by atoms with Gasteiger partial charge in [-0.15, -0.1) is 0 Å². The van der Waals surface area contributed by atoms with Crippen LogP contribution < -0.4 is 9.80 Å². The molecule has 0 aliphatic carbocycles. The van der Waals surface area contributed by atoms with Crippen LogP contribution in [0.1, 0.15) is 15.9 Å². The third-order valence-electron chi connectivity index (χ3n) is 4.48. The lowest BCUT2D eigenvalue weighted by atomic mass is 10.1. The van der Waals surface area contributed by atoms with Gasteiger partial charge in [0.05, 0.1) is 16.9 Å². The molecule has 2 aromatic carbocycles. The standard InChI is InChI=1S/C19H15F3N4O/c1-24-11-14-17(23-24)25(2)15-9-8-12(19(20,21)22)10-16(15)26(18(14)27)13-6-4-3-5-7-13/h3-11H,1-2H3. The molecule has 5 nitrogen and oxygen atoms in total. The van der Waals surface area contributed by atoms with Crippen LogP contribution in [0.4, 0.5) is 36.1 Å². The molecule has 0 radical (unpaired) electrons. The lowest BCUT2D eigenvalue weighted by Crippen LogP contribution is -2.25. The maximum absolute atomic E-state index is 13.3. The van der Waals surface area contributed by atoms with Gasteiger partial charge in [-0.05, 0) is 30.3 Å². The van der Waals surface area contributed by atoms with Gasteiger partial charge >= 0.3 is 6.18 Å². The van der Waals surface area contributed by atoms with Gasteiger partial charge in [-0.1, -0.05) is 18.2 Å². The van der Waals surface area contributed by atoms with E-state index >= 15 is 0 Å². The molecule has 0 N–H and O–H groups in total. The number of aryl methyl sites for hydroxylation is 1. The highest BCUT2D eigenvalue weighted by Crippen LogP contribution is 2.44. The van der Waals surface area contributed by atoms with Crippen molar-refractivity contribution in [2.24, 2.45) is 7.05 Å². The second-order valence-corrected chi connectivity index (χ2v) is 6.28. The number of para-hydroxylation sites is 1. The first kappa shape index (κ1) is 17.1. The average Bonchev–Trinajstić information content (AvgIpc) is 3.00. The van der Waals surface area contributed by atoms with Gasteiger partial charge in [0.1, 0.15) is 5.56 Å². The van der Waals surface area contributed by atoms with Crippen LogP contribution >= 0.6 is 0 Å². The summed E-state index contributed by atoms with van der Waals surface area (Å²) in [5.74, 6) is -0.0452. The number of benzene rings is 2. The first-order chi connectivity index (χ1) is 12.8. The molecule has 0 saturated carbocycles. The summed E-state index contributed by atoms with van der Waals surface area (Å²) >= 11 is 0. The minimum absolute atomic E-state index is 0.157. The van der Waals surface area contributed by atoms with Gasteiger partial charge in [0.25, 0.3) is 5.91 Å². The minimum Gasteiger partial charge on any atom is -0.326 e. The number of aromatic nitrogens is 2. The molecule has 138 valence electrons. The first-order valence-corrected chi connectivity index (χ1v) is 8.15. The van der Waals surface area contributed by atoms with Crippen molar-refractivity contribution in [1.29, 1.82) is 0 Å². The number of amides is 1. The van der Waals surface area contributed by atoms with Crippen LogP contribution in [0.3, 0.4) is 0 Å². The van der Waals surface area contributed by atoms with Gasteiger partial charge in [0.2, 0.25) is 0 Å². The van der Waals surface area contributed by atoms with Crippen LogP contribution in [0.25, 0.3) is 0 Å². The Labute approximate surface area is 153 Å². The fourth-order valence-electron chi connectivity index (χ4n) is 3.22. The van der Waals surface area contributed by atoms with Crippen molar-refractivity contribution >= 4 is 28.8 Å². The Balaban J connectivity index is 2.02. The van der Waals surface area contributed by atoms with Crippen molar-refractivity contribution in [3.05, 3.63) is 65.9 Å². The van der Waals surface area contributed by atoms with Crippen LogP contribution in [-0.4, -0.2) is 22.7 Å². The number of alkyl halides is 3. The molecule has 0 atom stereocenters. The highest BCUT2D eigenvalue weighted by atomic mass is 19.4. The molecular formula is C19H15F3N4O. The molecule has 0 spiro atoms. The zero-order valence-corrected chi connectivity index (χ0v) is 14.5. The Morgan fingerprint density at radius 3 is 2.33 bits per heavy atom. The summed E-state index contributed by atoms with van der Waals surface area (Å²) in [4.78, 5) is 16.2. The number of fused-ring (bicyclic) bond motifs is 2. The topological polar surface area (TPSA) is 41.4 Å². The predicted octanol–water partition coefficient (Wildman–Crippen LogP) is 4.50. The van der Waals surface area contributed by atoms with E-state index in [1.807, 2.05) is 0 Å². The molecule has 0 fully saturated rings. The molecule has 1 amide bonds. The summed E-state index contributed by atoms with van der Waals surface area (Å²) in [5, 5.41) is 4.31. The summed E-state index contributed by atoms with van der Waals surface area (Å²) in [6.07, 6.45) is -2.95. The van der Waals surface area contributed by atoms with Gasteiger partial charge in [-0.3, -0.25) is 14.4 Å². The zero-order chi connectivity index (χ0) is 19.3. The molecular weight excluding hydrogens is 357 g/mol. The molecule has 3 aromatic rings. The van der Waals surface area contributed by atoms with Crippen molar-refractivity contribution in [3.8, 4) is 0 Å². The van der Waals surface area contributed by atoms with Gasteiger partial charge in [0, 0.05) is 26.0 Å². The molecule has 0 saturated heterocycles. The number of hydrogen-bond donors (Lipinski definition) is 0. The monoisotopic (exact) mass is 372 g/mol. The second-order valence-electron chi connectivity index (χ2n) is 6.28. The second kappa shape index (κ2) is 5.87. The maximum Gasteiger partial charge on any atom is 0.416 e. The SMILES string of the molecule is CN1c2ccc(C(F)(F)F)cc2N(c2ccccc2)C(=O)c2cn(C)nc21. The van der Waals surface area contributed by atoms with E-state index in [-0.39, 0.29) is 5.69 Å². The number of hydrogen-bond acceptors (Lipinski definition) is 3. The highest BCUT2D eigenvalue weighted by Gasteiger charge is 2.36. The Hall–Kier alpha value is -3.29.